The van der Waals surface area contributed by atoms with E-state index < -0.39 is 18.1 Å². The van der Waals surface area contributed by atoms with Crippen LogP contribution < -0.4 is 10.4 Å². The van der Waals surface area contributed by atoms with Gasteiger partial charge in [-0.05, 0) is 12.5 Å². The fourth-order valence-corrected chi connectivity index (χ4v) is 1.27. The van der Waals surface area contributed by atoms with Crippen LogP contribution in [0.25, 0.3) is 0 Å². The van der Waals surface area contributed by atoms with E-state index >= 15 is 0 Å². The fourth-order valence-electron chi connectivity index (χ4n) is 1.27. The van der Waals surface area contributed by atoms with Crippen LogP contribution in [-0.4, -0.2) is 18.1 Å². The number of hydrogen-bond acceptors (Lipinski definition) is 4. The smallest absolute Gasteiger partial charge is 0.407 e. The molecule has 1 amide bonds. The normalized spacial score (nSPS) is 11.6. The number of carboxylic acids is 1. The van der Waals surface area contributed by atoms with Crippen LogP contribution in [0.2, 0.25) is 0 Å². The number of amides is 1. The second-order valence-corrected chi connectivity index (χ2v) is 3.68. The zero-order valence-corrected chi connectivity index (χ0v) is 9.51. The van der Waals surface area contributed by atoms with Crippen LogP contribution in [0.15, 0.2) is 30.3 Å². The average Bonchev–Trinajstić information content (AvgIpc) is 2.26. The number of benzene rings is 1. The Kier molecular flexibility index (Phi) is 5.00. The second-order valence-electron chi connectivity index (χ2n) is 3.68. The second kappa shape index (κ2) is 6.52. The van der Waals surface area contributed by atoms with Crippen molar-refractivity contribution < 1.29 is 19.4 Å². The van der Waals surface area contributed by atoms with Crippen LogP contribution in [0.3, 0.4) is 0 Å². The van der Waals surface area contributed by atoms with Crippen LogP contribution >= 0.6 is 0 Å². The minimum atomic E-state index is -1.21. The first-order chi connectivity index (χ1) is 8.08. The fraction of sp³-hybridized carbons (Fsp3) is 0.333. The summed E-state index contributed by atoms with van der Waals surface area (Å²) in [5, 5.41) is 12.7. The largest absolute Gasteiger partial charge is 0.550 e. The molecule has 0 radical (unpaired) electrons. The lowest BCUT2D eigenvalue weighted by Crippen LogP contribution is -2.38. The van der Waals surface area contributed by atoms with Crippen LogP contribution in [0.5, 0.6) is 0 Å². The zero-order valence-electron chi connectivity index (χ0n) is 9.51. The third-order valence-electron chi connectivity index (χ3n) is 2.05. The van der Waals surface area contributed by atoms with Crippen molar-refractivity contribution in [1.29, 1.82) is 0 Å². The molecular weight excluding hydrogens is 222 g/mol. The van der Waals surface area contributed by atoms with Gasteiger partial charge < -0.3 is 20.0 Å². The van der Waals surface area contributed by atoms with E-state index in [1.165, 1.54) is 0 Å². The number of alkyl carbamates (subject to hydrolysis) is 1. The molecule has 1 rings (SSSR count). The Balaban J connectivity index is 2.28. The maximum Gasteiger partial charge on any atom is 0.407 e. The van der Waals surface area contributed by atoms with Crippen molar-refractivity contribution >= 4 is 12.1 Å². The van der Waals surface area contributed by atoms with Crippen molar-refractivity contribution in [1.82, 2.24) is 5.32 Å². The van der Waals surface area contributed by atoms with E-state index in [2.05, 4.69) is 5.32 Å². The summed E-state index contributed by atoms with van der Waals surface area (Å²) in [7, 11) is 0. The standard InChI is InChI=1S/C12H15NO4/c1-9(7-11(14)15)13-12(16)17-8-10-5-3-2-4-6-10/h2-6,9H,7-8H2,1H3,(H,13,16)(H,14,15)/p-1/t9-/m0/s1. The monoisotopic (exact) mass is 236 g/mol. The number of rotatable bonds is 5. The maximum absolute atomic E-state index is 11.3. The third kappa shape index (κ3) is 5.55. The Bertz CT molecular complexity index is 377. The number of carboxylic acid groups (broad SMARTS) is 1. The predicted molar refractivity (Wildman–Crippen MR) is 58.8 cm³/mol. The van der Waals surface area contributed by atoms with Gasteiger partial charge in [0.15, 0.2) is 0 Å². The van der Waals surface area contributed by atoms with Gasteiger partial charge >= 0.3 is 6.09 Å². The van der Waals surface area contributed by atoms with Gasteiger partial charge in [-0.15, -0.1) is 0 Å². The van der Waals surface area contributed by atoms with E-state index in [1.807, 2.05) is 30.3 Å². The summed E-state index contributed by atoms with van der Waals surface area (Å²) in [6.07, 6.45) is -0.872. The molecule has 0 aliphatic rings. The number of carbonyl (C=O) groups is 2. The predicted octanol–water partition coefficient (Wildman–Crippen LogP) is 0.441. The molecule has 0 fully saturated rings. The highest BCUT2D eigenvalue weighted by molar-refractivity contribution is 5.70. The summed E-state index contributed by atoms with van der Waals surface area (Å²) >= 11 is 0. The van der Waals surface area contributed by atoms with Gasteiger partial charge in [0.05, 0.1) is 0 Å². The van der Waals surface area contributed by atoms with Gasteiger partial charge in [0.25, 0.3) is 0 Å². The number of carbonyl (C=O) groups excluding carboxylic acids is 2. The van der Waals surface area contributed by atoms with Gasteiger partial charge in [-0.25, -0.2) is 4.79 Å². The lowest BCUT2D eigenvalue weighted by Gasteiger charge is -2.14. The van der Waals surface area contributed by atoms with E-state index in [-0.39, 0.29) is 13.0 Å². The number of hydrogen-bond donors (Lipinski definition) is 1. The molecule has 0 aliphatic carbocycles. The minimum Gasteiger partial charge on any atom is -0.550 e. The van der Waals surface area contributed by atoms with Crippen LogP contribution in [-0.2, 0) is 16.1 Å². The lowest BCUT2D eigenvalue weighted by molar-refractivity contribution is -0.306. The van der Waals surface area contributed by atoms with Crippen molar-refractivity contribution in [3.05, 3.63) is 35.9 Å². The molecule has 17 heavy (non-hydrogen) atoms. The third-order valence-corrected chi connectivity index (χ3v) is 2.05. The SMILES string of the molecule is C[C@@H](CC(=O)[O-])NC(=O)OCc1ccccc1. The molecule has 92 valence electrons. The average molecular weight is 236 g/mol. The van der Waals surface area contributed by atoms with Gasteiger partial charge in [0.1, 0.15) is 6.61 Å². The molecular formula is C12H14NO4-. The van der Waals surface area contributed by atoms with Crippen LogP contribution in [0.1, 0.15) is 18.9 Å². The van der Waals surface area contributed by atoms with Gasteiger partial charge in [-0.1, -0.05) is 30.3 Å². The zero-order chi connectivity index (χ0) is 12.7. The first-order valence-corrected chi connectivity index (χ1v) is 5.25. The molecule has 0 unspecified atom stereocenters. The summed E-state index contributed by atoms with van der Waals surface area (Å²) in [5.74, 6) is -1.21. The van der Waals surface area contributed by atoms with E-state index in [0.717, 1.165) is 5.56 Å². The Morgan fingerprint density at radius 3 is 2.59 bits per heavy atom. The molecule has 0 bridgehead atoms. The Morgan fingerprint density at radius 1 is 1.35 bits per heavy atom. The molecule has 5 nitrogen and oxygen atoms in total. The summed E-state index contributed by atoms with van der Waals surface area (Å²) in [5.41, 5.74) is 0.871. The molecule has 5 heteroatoms. The topological polar surface area (TPSA) is 78.5 Å². The number of nitrogens with one attached hydrogen (secondary N) is 1. The lowest BCUT2D eigenvalue weighted by atomic mass is 10.2. The molecule has 1 aromatic rings. The molecule has 1 aromatic carbocycles. The quantitative estimate of drug-likeness (QED) is 0.804. The Labute approximate surface area is 99.4 Å². The van der Waals surface area contributed by atoms with Crippen molar-refractivity contribution in [2.24, 2.45) is 0 Å². The molecule has 0 spiro atoms. The van der Waals surface area contributed by atoms with E-state index in [1.54, 1.807) is 6.92 Å². The van der Waals surface area contributed by atoms with E-state index in [9.17, 15) is 14.7 Å². The van der Waals surface area contributed by atoms with Crippen LogP contribution in [0.4, 0.5) is 4.79 Å². The molecule has 0 saturated heterocycles. The summed E-state index contributed by atoms with van der Waals surface area (Å²) in [6, 6.07) is 8.70. The summed E-state index contributed by atoms with van der Waals surface area (Å²) in [6.45, 7) is 1.73. The number of ether oxygens (including phenoxy) is 1. The molecule has 0 heterocycles. The maximum atomic E-state index is 11.3. The summed E-state index contributed by atoms with van der Waals surface area (Å²) < 4.78 is 4.92. The first kappa shape index (κ1) is 13.0. The highest BCUT2D eigenvalue weighted by Crippen LogP contribution is 2.01. The van der Waals surface area contributed by atoms with Gasteiger partial charge in [0, 0.05) is 18.4 Å². The molecule has 0 saturated carbocycles. The Morgan fingerprint density at radius 2 is 2.00 bits per heavy atom. The van der Waals surface area contributed by atoms with E-state index in [4.69, 9.17) is 4.74 Å². The molecule has 0 aliphatic heterocycles. The Hall–Kier alpha value is -2.04. The molecule has 1 atom stereocenters. The van der Waals surface area contributed by atoms with Crippen molar-refractivity contribution in [3.8, 4) is 0 Å². The van der Waals surface area contributed by atoms with Crippen LogP contribution in [0, 0.1) is 0 Å². The van der Waals surface area contributed by atoms with Gasteiger partial charge in [-0.3, -0.25) is 0 Å². The highest BCUT2D eigenvalue weighted by Gasteiger charge is 2.08. The molecule has 1 N–H and O–H groups in total. The van der Waals surface area contributed by atoms with Crippen molar-refractivity contribution in [3.63, 3.8) is 0 Å². The van der Waals surface area contributed by atoms with E-state index in [0.29, 0.717) is 0 Å². The van der Waals surface area contributed by atoms with Gasteiger partial charge in [0.2, 0.25) is 0 Å². The van der Waals surface area contributed by atoms with Crippen molar-refractivity contribution in [2.45, 2.75) is 26.0 Å². The summed E-state index contributed by atoms with van der Waals surface area (Å²) in [4.78, 5) is 21.5. The first-order valence-electron chi connectivity index (χ1n) is 5.25. The van der Waals surface area contributed by atoms with Gasteiger partial charge in [-0.2, -0.15) is 0 Å². The van der Waals surface area contributed by atoms with Crippen molar-refractivity contribution in [2.75, 3.05) is 0 Å². The molecule has 0 aromatic heterocycles. The number of aliphatic carboxylic acids is 1. The highest BCUT2D eigenvalue weighted by atomic mass is 16.5. The minimum absolute atomic E-state index is 0.157.